The third-order valence-electron chi connectivity index (χ3n) is 6.61. The number of hydrogen-bond acceptors (Lipinski definition) is 9. The molecule has 1 aromatic heterocycles. The van der Waals surface area contributed by atoms with Crippen LogP contribution in [0.5, 0.6) is 0 Å². The van der Waals surface area contributed by atoms with E-state index in [0.717, 1.165) is 26.2 Å². The van der Waals surface area contributed by atoms with E-state index in [4.69, 9.17) is 14.9 Å². The summed E-state index contributed by atoms with van der Waals surface area (Å²) in [7, 11) is 0. The van der Waals surface area contributed by atoms with Crippen molar-refractivity contribution in [3.05, 3.63) is 59.9 Å². The van der Waals surface area contributed by atoms with Crippen LogP contribution in [0.1, 0.15) is 36.7 Å². The Balaban J connectivity index is 1.26. The van der Waals surface area contributed by atoms with Crippen LogP contribution in [0, 0.1) is 5.41 Å². The Hall–Kier alpha value is -3.83. The zero-order valence-corrected chi connectivity index (χ0v) is 21.9. The molecule has 2 aromatic rings. The molecule has 2 aliphatic heterocycles. The van der Waals surface area contributed by atoms with Crippen molar-refractivity contribution in [2.45, 2.75) is 39.0 Å². The van der Waals surface area contributed by atoms with E-state index in [0.29, 0.717) is 29.9 Å². The van der Waals surface area contributed by atoms with Gasteiger partial charge in [-0.15, -0.1) is 0 Å². The number of piperazine rings is 1. The monoisotopic (exact) mass is 522 g/mol. The summed E-state index contributed by atoms with van der Waals surface area (Å²) in [6.45, 7) is 9.63. The van der Waals surface area contributed by atoms with Crippen molar-refractivity contribution >= 4 is 29.5 Å². The summed E-state index contributed by atoms with van der Waals surface area (Å²) in [5, 5.41) is 10.8. The smallest absolute Gasteiger partial charge is 0.414 e. The van der Waals surface area contributed by atoms with E-state index in [2.05, 4.69) is 20.1 Å². The topological polar surface area (TPSA) is 128 Å². The van der Waals surface area contributed by atoms with Gasteiger partial charge >= 0.3 is 12.1 Å². The van der Waals surface area contributed by atoms with Crippen molar-refractivity contribution in [1.29, 1.82) is 5.41 Å². The zero-order chi connectivity index (χ0) is 27.2. The number of anilines is 1. The maximum Gasteiger partial charge on any atom is 0.414 e. The fourth-order valence-corrected chi connectivity index (χ4v) is 4.49. The maximum absolute atomic E-state index is 12.6. The summed E-state index contributed by atoms with van der Waals surface area (Å²) < 4.78 is 11.0. The number of pyridine rings is 1. The first-order valence-corrected chi connectivity index (χ1v) is 12.8. The number of esters is 1. The lowest BCUT2D eigenvalue weighted by molar-refractivity contribution is -0.154. The van der Waals surface area contributed by atoms with Gasteiger partial charge < -0.3 is 14.8 Å². The standard InChI is InChI=1S/C27H34N6O5/c1-18(2)37-26(35)19(3)32-13-11-31(12-14-32)16-23-17-33(27(36)38-23)22-8-6-20(7-9-22)24(28)30-25(34)21-5-4-10-29-15-21/h4-10,15,18-19,23H,11-14,16-17H2,1-3H3,(H2,28,30,34). The van der Waals surface area contributed by atoms with Crippen LogP contribution in [0.2, 0.25) is 0 Å². The SMILES string of the molecule is CC(C)OC(=O)C(C)N1CCN(CC2CN(c3ccc(C(=N)NC(=O)c4cccnc4)cc3)C(=O)O2)CC1. The van der Waals surface area contributed by atoms with Crippen molar-refractivity contribution in [3.8, 4) is 0 Å². The lowest BCUT2D eigenvalue weighted by Gasteiger charge is -2.37. The molecule has 2 unspecified atom stereocenters. The van der Waals surface area contributed by atoms with E-state index in [9.17, 15) is 14.4 Å². The van der Waals surface area contributed by atoms with Crippen molar-refractivity contribution in [3.63, 3.8) is 0 Å². The van der Waals surface area contributed by atoms with Crippen LogP contribution in [0.4, 0.5) is 10.5 Å². The Labute approximate surface area is 222 Å². The fourth-order valence-electron chi connectivity index (χ4n) is 4.49. The van der Waals surface area contributed by atoms with Crippen LogP contribution >= 0.6 is 0 Å². The summed E-state index contributed by atoms with van der Waals surface area (Å²) in [6, 6.07) is 9.84. The quantitative estimate of drug-likeness (QED) is 0.307. The molecule has 38 heavy (non-hydrogen) atoms. The van der Waals surface area contributed by atoms with Gasteiger partial charge in [-0.2, -0.15) is 0 Å². The van der Waals surface area contributed by atoms with Gasteiger partial charge in [-0.25, -0.2) is 4.79 Å². The Kier molecular flexibility index (Phi) is 8.70. The molecule has 202 valence electrons. The largest absolute Gasteiger partial charge is 0.462 e. The molecule has 2 fully saturated rings. The minimum absolute atomic E-state index is 0.0433. The molecule has 2 aliphatic rings. The van der Waals surface area contributed by atoms with E-state index in [1.54, 1.807) is 47.5 Å². The molecular weight excluding hydrogens is 488 g/mol. The van der Waals surface area contributed by atoms with Crippen LogP contribution < -0.4 is 10.2 Å². The third-order valence-corrected chi connectivity index (χ3v) is 6.61. The van der Waals surface area contributed by atoms with Crippen LogP contribution in [0.15, 0.2) is 48.8 Å². The van der Waals surface area contributed by atoms with Crippen LogP contribution in [0.3, 0.4) is 0 Å². The molecule has 0 radical (unpaired) electrons. The molecule has 0 aliphatic carbocycles. The van der Waals surface area contributed by atoms with Gasteiger partial charge in [0.1, 0.15) is 18.0 Å². The highest BCUT2D eigenvalue weighted by Gasteiger charge is 2.35. The maximum atomic E-state index is 12.6. The summed E-state index contributed by atoms with van der Waals surface area (Å²) in [4.78, 5) is 46.9. The van der Waals surface area contributed by atoms with Gasteiger partial charge in [0.15, 0.2) is 0 Å². The Morgan fingerprint density at radius 1 is 1.11 bits per heavy atom. The first-order valence-electron chi connectivity index (χ1n) is 12.8. The zero-order valence-electron chi connectivity index (χ0n) is 21.9. The predicted molar refractivity (Wildman–Crippen MR) is 141 cm³/mol. The van der Waals surface area contributed by atoms with Gasteiger partial charge in [0.2, 0.25) is 0 Å². The number of carbonyl (C=O) groups is 3. The van der Waals surface area contributed by atoms with Crippen LogP contribution in [-0.4, -0.2) is 96.1 Å². The van der Waals surface area contributed by atoms with E-state index in [1.165, 1.54) is 6.20 Å². The number of ether oxygens (including phenoxy) is 2. The number of benzene rings is 1. The number of nitrogens with one attached hydrogen (secondary N) is 2. The van der Waals surface area contributed by atoms with Gasteiger partial charge in [0.05, 0.1) is 18.2 Å². The van der Waals surface area contributed by atoms with Gasteiger partial charge in [0, 0.05) is 56.4 Å². The fraction of sp³-hybridized carbons (Fsp3) is 0.444. The van der Waals surface area contributed by atoms with E-state index in [-0.39, 0.29) is 30.1 Å². The van der Waals surface area contributed by atoms with Crippen LogP contribution in [0.25, 0.3) is 0 Å². The molecule has 0 spiro atoms. The number of amidine groups is 1. The molecule has 0 saturated carbocycles. The first kappa shape index (κ1) is 27.2. The van der Waals surface area contributed by atoms with E-state index in [1.807, 2.05) is 20.8 Å². The molecule has 2 amide bonds. The molecule has 2 N–H and O–H groups in total. The molecular formula is C27H34N6O5. The number of amides is 2. The van der Waals surface area contributed by atoms with Gasteiger partial charge in [-0.1, -0.05) is 0 Å². The Bertz CT molecular complexity index is 1150. The van der Waals surface area contributed by atoms with Crippen molar-refractivity contribution in [2.24, 2.45) is 0 Å². The molecule has 4 rings (SSSR count). The summed E-state index contributed by atoms with van der Waals surface area (Å²) in [6.07, 6.45) is 2.20. The van der Waals surface area contributed by atoms with Gasteiger partial charge in [-0.3, -0.25) is 34.7 Å². The number of rotatable bonds is 8. The highest BCUT2D eigenvalue weighted by molar-refractivity contribution is 6.11. The number of nitrogens with zero attached hydrogens (tertiary/aromatic N) is 4. The van der Waals surface area contributed by atoms with E-state index >= 15 is 0 Å². The highest BCUT2D eigenvalue weighted by Crippen LogP contribution is 2.23. The Morgan fingerprint density at radius 2 is 1.82 bits per heavy atom. The average molecular weight is 523 g/mol. The Morgan fingerprint density at radius 3 is 2.45 bits per heavy atom. The van der Waals surface area contributed by atoms with Crippen molar-refractivity contribution in [1.82, 2.24) is 20.1 Å². The number of carbonyl (C=O) groups excluding carboxylic acids is 3. The molecule has 1 aromatic carbocycles. The van der Waals surface area contributed by atoms with Gasteiger partial charge in [0.25, 0.3) is 5.91 Å². The summed E-state index contributed by atoms with van der Waals surface area (Å²) in [5.41, 5.74) is 1.54. The van der Waals surface area contributed by atoms with Gasteiger partial charge in [-0.05, 0) is 57.2 Å². The molecule has 11 heteroatoms. The second kappa shape index (κ2) is 12.1. The number of cyclic esters (lactones) is 1. The highest BCUT2D eigenvalue weighted by atomic mass is 16.6. The molecule has 0 bridgehead atoms. The lowest BCUT2D eigenvalue weighted by Crippen LogP contribution is -2.53. The molecule has 3 heterocycles. The lowest BCUT2D eigenvalue weighted by atomic mass is 10.1. The van der Waals surface area contributed by atoms with E-state index < -0.39 is 12.0 Å². The third kappa shape index (κ3) is 6.73. The second-order valence-corrected chi connectivity index (χ2v) is 9.73. The second-order valence-electron chi connectivity index (χ2n) is 9.73. The minimum Gasteiger partial charge on any atom is -0.462 e. The molecule has 11 nitrogen and oxygen atoms in total. The van der Waals surface area contributed by atoms with Crippen molar-refractivity contribution in [2.75, 3.05) is 44.2 Å². The molecule has 2 atom stereocenters. The first-order chi connectivity index (χ1) is 18.2. The van der Waals surface area contributed by atoms with Crippen molar-refractivity contribution < 1.29 is 23.9 Å². The average Bonchev–Trinajstić information content (AvgIpc) is 3.28. The number of aromatic nitrogens is 1. The van der Waals surface area contributed by atoms with Crippen LogP contribution in [-0.2, 0) is 14.3 Å². The number of hydrogen-bond donors (Lipinski definition) is 2. The molecule has 2 saturated heterocycles. The normalized spacial score (nSPS) is 19.2. The summed E-state index contributed by atoms with van der Waals surface area (Å²) in [5.74, 6) is -0.659. The summed E-state index contributed by atoms with van der Waals surface area (Å²) >= 11 is 0. The minimum atomic E-state index is -0.413. The predicted octanol–water partition coefficient (Wildman–Crippen LogP) is 2.12.